The van der Waals surface area contributed by atoms with Gasteiger partial charge in [-0.05, 0) is 31.0 Å². The zero-order chi connectivity index (χ0) is 19.3. The van der Waals surface area contributed by atoms with Crippen LogP contribution in [0.5, 0.6) is 0 Å². The zero-order valence-corrected chi connectivity index (χ0v) is 14.6. The first-order valence-corrected chi connectivity index (χ1v) is 8.21. The van der Waals surface area contributed by atoms with Gasteiger partial charge in [0.1, 0.15) is 0 Å². The molecule has 1 fully saturated rings. The predicted octanol–water partition coefficient (Wildman–Crippen LogP) is 0.755. The molecule has 2 atom stereocenters. The van der Waals surface area contributed by atoms with Gasteiger partial charge in [-0.3, -0.25) is 4.79 Å². The molecule has 1 aromatic carbocycles. The lowest BCUT2D eigenvalue weighted by molar-refractivity contribution is -0.313. The summed E-state index contributed by atoms with van der Waals surface area (Å²) in [5.74, 6) is -4.78. The Morgan fingerprint density at radius 1 is 1.00 bits per heavy atom. The van der Waals surface area contributed by atoms with Gasteiger partial charge in [-0.1, -0.05) is 12.8 Å². The molecule has 1 aromatic rings. The monoisotopic (exact) mass is 362 g/mol. The van der Waals surface area contributed by atoms with E-state index < -0.39 is 35.7 Å². The fraction of sp³-hybridized carbons (Fsp3) is 0.444. The SMILES string of the molecule is COC(=O)c1ccc(C(=O)OC)c(NC(=O)[C@H]2CCCC[C@H]2C(=O)[O-])c1. The molecule has 1 amide bonds. The molecule has 0 aromatic heterocycles. The van der Waals surface area contributed by atoms with Crippen molar-refractivity contribution < 1.29 is 33.8 Å². The first kappa shape index (κ1) is 19.4. The predicted molar refractivity (Wildman–Crippen MR) is 88.2 cm³/mol. The van der Waals surface area contributed by atoms with Gasteiger partial charge in [-0.15, -0.1) is 0 Å². The lowest BCUT2D eigenvalue weighted by atomic mass is 9.78. The number of hydrogen-bond donors (Lipinski definition) is 1. The van der Waals surface area contributed by atoms with Crippen molar-refractivity contribution in [3.05, 3.63) is 29.3 Å². The van der Waals surface area contributed by atoms with Crippen LogP contribution in [0.3, 0.4) is 0 Å². The van der Waals surface area contributed by atoms with Crippen molar-refractivity contribution in [2.24, 2.45) is 11.8 Å². The number of aliphatic carboxylic acids is 1. The summed E-state index contributed by atoms with van der Waals surface area (Å²) < 4.78 is 9.31. The van der Waals surface area contributed by atoms with Crippen molar-refractivity contribution in [1.82, 2.24) is 0 Å². The number of benzene rings is 1. The van der Waals surface area contributed by atoms with Crippen molar-refractivity contribution in [2.75, 3.05) is 19.5 Å². The summed E-state index contributed by atoms with van der Waals surface area (Å²) in [4.78, 5) is 47.6. The van der Waals surface area contributed by atoms with Gasteiger partial charge in [-0.25, -0.2) is 9.59 Å². The smallest absolute Gasteiger partial charge is 0.339 e. The number of carboxylic acids is 1. The van der Waals surface area contributed by atoms with Gasteiger partial charge < -0.3 is 24.7 Å². The van der Waals surface area contributed by atoms with Crippen LogP contribution in [-0.2, 0) is 19.1 Å². The van der Waals surface area contributed by atoms with Crippen LogP contribution in [0.1, 0.15) is 46.4 Å². The highest BCUT2D eigenvalue weighted by Crippen LogP contribution is 2.31. The summed E-state index contributed by atoms with van der Waals surface area (Å²) >= 11 is 0. The van der Waals surface area contributed by atoms with E-state index in [2.05, 4.69) is 14.8 Å². The van der Waals surface area contributed by atoms with Gasteiger partial charge in [0.2, 0.25) is 5.91 Å². The molecular formula is C18H20NO7-. The Morgan fingerprint density at radius 3 is 2.19 bits per heavy atom. The second-order valence-electron chi connectivity index (χ2n) is 6.05. The van der Waals surface area contributed by atoms with Gasteiger partial charge in [-0.2, -0.15) is 0 Å². The Morgan fingerprint density at radius 2 is 1.62 bits per heavy atom. The summed E-state index contributed by atoms with van der Waals surface area (Å²) in [6, 6.07) is 4.01. The van der Waals surface area contributed by atoms with E-state index in [1.807, 2.05) is 0 Å². The Hall–Kier alpha value is -2.90. The van der Waals surface area contributed by atoms with E-state index in [1.54, 1.807) is 0 Å². The minimum Gasteiger partial charge on any atom is -0.550 e. The summed E-state index contributed by atoms with van der Waals surface area (Å²) in [5.41, 5.74) is 0.247. The Labute approximate surface area is 150 Å². The lowest BCUT2D eigenvalue weighted by Gasteiger charge is -2.31. The average Bonchev–Trinajstić information content (AvgIpc) is 2.66. The molecule has 0 unspecified atom stereocenters. The van der Waals surface area contributed by atoms with Crippen molar-refractivity contribution in [1.29, 1.82) is 0 Å². The second-order valence-corrected chi connectivity index (χ2v) is 6.05. The zero-order valence-electron chi connectivity index (χ0n) is 14.6. The van der Waals surface area contributed by atoms with Crippen LogP contribution in [0.2, 0.25) is 0 Å². The first-order chi connectivity index (χ1) is 12.4. The molecule has 26 heavy (non-hydrogen) atoms. The van der Waals surface area contributed by atoms with Crippen molar-refractivity contribution >= 4 is 29.5 Å². The highest BCUT2D eigenvalue weighted by Gasteiger charge is 2.32. The number of methoxy groups -OCH3 is 2. The Bertz CT molecular complexity index is 728. The van der Waals surface area contributed by atoms with Gasteiger partial charge in [0, 0.05) is 17.8 Å². The normalized spacial score (nSPS) is 19.3. The largest absolute Gasteiger partial charge is 0.550 e. The molecule has 2 rings (SSSR count). The number of carbonyl (C=O) groups excluding carboxylic acids is 4. The number of carbonyl (C=O) groups is 4. The van der Waals surface area contributed by atoms with Crippen LogP contribution in [0.15, 0.2) is 18.2 Å². The number of ether oxygens (including phenoxy) is 2. The number of rotatable bonds is 5. The van der Waals surface area contributed by atoms with E-state index in [1.165, 1.54) is 32.4 Å². The standard InChI is InChI=1S/C18H21NO7/c1-25-17(23)10-7-8-13(18(24)26-2)14(9-10)19-15(20)11-5-3-4-6-12(11)16(21)22/h7-9,11-12H,3-6H2,1-2H3,(H,19,20)(H,21,22)/p-1/t11-,12+/m0/s1. The van der Waals surface area contributed by atoms with E-state index >= 15 is 0 Å². The Balaban J connectivity index is 2.33. The van der Waals surface area contributed by atoms with Crippen LogP contribution in [0.4, 0.5) is 5.69 Å². The molecule has 0 bridgehead atoms. The van der Waals surface area contributed by atoms with E-state index in [0.29, 0.717) is 19.3 Å². The molecule has 8 heteroatoms. The summed E-state index contributed by atoms with van der Waals surface area (Å²) in [6.07, 6.45) is 2.22. The average molecular weight is 362 g/mol. The van der Waals surface area contributed by atoms with Gasteiger partial charge in [0.25, 0.3) is 0 Å². The number of carboxylic acid groups (broad SMARTS) is 1. The third kappa shape index (κ3) is 4.19. The molecule has 0 heterocycles. The third-order valence-corrected chi connectivity index (χ3v) is 4.51. The van der Waals surface area contributed by atoms with E-state index in [4.69, 9.17) is 0 Å². The van der Waals surface area contributed by atoms with E-state index in [-0.39, 0.29) is 16.8 Å². The molecule has 1 aliphatic carbocycles. The topological polar surface area (TPSA) is 122 Å². The van der Waals surface area contributed by atoms with Crippen LogP contribution < -0.4 is 10.4 Å². The van der Waals surface area contributed by atoms with Gasteiger partial charge in [0.15, 0.2) is 0 Å². The fourth-order valence-corrected chi connectivity index (χ4v) is 3.13. The highest BCUT2D eigenvalue weighted by atomic mass is 16.5. The first-order valence-electron chi connectivity index (χ1n) is 8.21. The lowest BCUT2D eigenvalue weighted by Crippen LogP contribution is -2.42. The minimum atomic E-state index is -1.26. The van der Waals surface area contributed by atoms with Crippen LogP contribution in [-0.4, -0.2) is 38.0 Å². The maximum Gasteiger partial charge on any atom is 0.339 e. The van der Waals surface area contributed by atoms with E-state index in [0.717, 1.165) is 6.42 Å². The molecule has 1 saturated carbocycles. The van der Waals surface area contributed by atoms with Gasteiger partial charge >= 0.3 is 11.9 Å². The minimum absolute atomic E-state index is 0.0503. The molecule has 0 saturated heterocycles. The maximum absolute atomic E-state index is 12.6. The molecule has 8 nitrogen and oxygen atoms in total. The van der Waals surface area contributed by atoms with Gasteiger partial charge in [0.05, 0.1) is 31.0 Å². The molecule has 0 radical (unpaired) electrons. The second kappa shape index (κ2) is 8.46. The van der Waals surface area contributed by atoms with Crippen molar-refractivity contribution in [2.45, 2.75) is 25.7 Å². The summed E-state index contributed by atoms with van der Waals surface area (Å²) in [5, 5.41) is 13.9. The molecular weight excluding hydrogens is 342 g/mol. The van der Waals surface area contributed by atoms with Crippen LogP contribution in [0.25, 0.3) is 0 Å². The highest BCUT2D eigenvalue weighted by molar-refractivity contribution is 6.04. The molecule has 0 spiro atoms. The third-order valence-electron chi connectivity index (χ3n) is 4.51. The number of anilines is 1. The molecule has 1 aliphatic rings. The Kier molecular flexibility index (Phi) is 6.32. The quantitative estimate of drug-likeness (QED) is 0.767. The molecule has 140 valence electrons. The number of hydrogen-bond acceptors (Lipinski definition) is 7. The summed E-state index contributed by atoms with van der Waals surface area (Å²) in [6.45, 7) is 0. The molecule has 1 N–H and O–H groups in total. The van der Waals surface area contributed by atoms with E-state index in [9.17, 15) is 24.3 Å². The maximum atomic E-state index is 12.6. The fourth-order valence-electron chi connectivity index (χ4n) is 3.13. The number of amides is 1. The van der Waals surface area contributed by atoms with Crippen LogP contribution in [0, 0.1) is 11.8 Å². The number of nitrogens with one attached hydrogen (secondary N) is 1. The number of esters is 2. The molecule has 0 aliphatic heterocycles. The van der Waals surface area contributed by atoms with Crippen molar-refractivity contribution in [3.63, 3.8) is 0 Å². The van der Waals surface area contributed by atoms with Crippen LogP contribution >= 0.6 is 0 Å². The summed E-state index contributed by atoms with van der Waals surface area (Å²) in [7, 11) is 2.40. The van der Waals surface area contributed by atoms with Crippen molar-refractivity contribution in [3.8, 4) is 0 Å².